The molecule has 1 N–H and O–H groups in total. The zero-order chi connectivity index (χ0) is 26.0. The number of benzene rings is 3. The molecule has 0 heterocycles. The molecular formula is C23H17F6NO4S. The number of hydrogen-bond donors (Lipinski definition) is 1. The lowest BCUT2D eigenvalue weighted by Gasteiger charge is -2.15. The van der Waals surface area contributed by atoms with E-state index in [9.17, 15) is 39.6 Å². The van der Waals surface area contributed by atoms with Crippen LogP contribution in [0.25, 0.3) is 11.1 Å². The van der Waals surface area contributed by atoms with Gasteiger partial charge in [-0.3, -0.25) is 4.79 Å². The van der Waals surface area contributed by atoms with Crippen molar-refractivity contribution in [2.75, 3.05) is 11.1 Å². The lowest BCUT2D eigenvalue weighted by atomic mass is 10.0. The molecule has 0 unspecified atom stereocenters. The van der Waals surface area contributed by atoms with Gasteiger partial charge in [-0.05, 0) is 35.9 Å². The Morgan fingerprint density at radius 3 is 2.14 bits per heavy atom. The van der Waals surface area contributed by atoms with Gasteiger partial charge in [-0.25, -0.2) is 21.6 Å². The first kappa shape index (κ1) is 26.1. The van der Waals surface area contributed by atoms with Crippen LogP contribution >= 0.6 is 0 Å². The number of ether oxygens (including phenoxy) is 1. The van der Waals surface area contributed by atoms with Gasteiger partial charge in [0.05, 0.1) is 17.7 Å². The van der Waals surface area contributed by atoms with Crippen LogP contribution in [-0.2, 0) is 21.1 Å². The van der Waals surface area contributed by atoms with Crippen LogP contribution in [0.3, 0.4) is 0 Å². The van der Waals surface area contributed by atoms with Crippen molar-refractivity contribution < 1.29 is 44.3 Å². The van der Waals surface area contributed by atoms with Crippen LogP contribution in [0, 0.1) is 17.5 Å². The molecule has 5 nitrogen and oxygen atoms in total. The summed E-state index contributed by atoms with van der Waals surface area (Å²) in [6.45, 7) is 1.35. The number of hydrogen-bond acceptors (Lipinski definition) is 4. The average molecular weight is 517 g/mol. The van der Waals surface area contributed by atoms with E-state index in [0.717, 1.165) is 24.3 Å². The molecule has 1 amide bonds. The zero-order valence-electron chi connectivity index (χ0n) is 17.9. The standard InChI is InChI=1S/C23H17F6NO4S/c1-2-35(32,33)20-8-7-13(9-16(20)24)10-21(31)30-14-11-17(25)22(18(26)12-14)15-5-3-4-6-19(15)34-23(27,28)29/h3-9,11-12H,2,10H2,1H3,(H,30,31). The Labute approximate surface area is 196 Å². The number of alkyl halides is 3. The minimum atomic E-state index is -5.09. The van der Waals surface area contributed by atoms with Crippen LogP contribution in [0.1, 0.15) is 12.5 Å². The molecule has 0 aromatic heterocycles. The highest BCUT2D eigenvalue weighted by molar-refractivity contribution is 7.91. The van der Waals surface area contributed by atoms with Crippen LogP contribution in [0.15, 0.2) is 59.5 Å². The van der Waals surface area contributed by atoms with E-state index in [-0.39, 0.29) is 17.0 Å². The number of carbonyl (C=O) groups excluding carboxylic acids is 1. The maximum Gasteiger partial charge on any atom is 0.573 e. The van der Waals surface area contributed by atoms with Crippen molar-refractivity contribution in [1.29, 1.82) is 0 Å². The lowest BCUT2D eigenvalue weighted by molar-refractivity contribution is -0.274. The Kier molecular flexibility index (Phi) is 7.44. The monoisotopic (exact) mass is 517 g/mol. The van der Waals surface area contributed by atoms with Gasteiger partial charge in [-0.2, -0.15) is 0 Å². The Morgan fingerprint density at radius 2 is 1.57 bits per heavy atom. The largest absolute Gasteiger partial charge is 0.573 e. The predicted molar refractivity (Wildman–Crippen MR) is 115 cm³/mol. The van der Waals surface area contributed by atoms with Crippen molar-refractivity contribution in [1.82, 2.24) is 0 Å². The second-order valence-corrected chi connectivity index (χ2v) is 9.50. The maximum absolute atomic E-state index is 14.7. The van der Waals surface area contributed by atoms with Crippen molar-refractivity contribution in [3.05, 3.63) is 77.6 Å². The molecule has 0 aliphatic heterocycles. The summed E-state index contributed by atoms with van der Waals surface area (Å²) in [7, 11) is -3.80. The van der Waals surface area contributed by atoms with E-state index in [4.69, 9.17) is 0 Å². The molecule has 186 valence electrons. The van der Waals surface area contributed by atoms with E-state index in [1.165, 1.54) is 25.1 Å². The highest BCUT2D eigenvalue weighted by Crippen LogP contribution is 2.37. The first-order valence-electron chi connectivity index (χ1n) is 9.96. The third kappa shape index (κ3) is 6.32. The third-order valence-corrected chi connectivity index (χ3v) is 6.55. The number of amides is 1. The number of halogens is 6. The van der Waals surface area contributed by atoms with Crippen molar-refractivity contribution in [3.8, 4) is 16.9 Å². The molecule has 0 fully saturated rings. The number of carbonyl (C=O) groups is 1. The molecule has 3 aromatic rings. The normalized spacial score (nSPS) is 11.9. The molecule has 0 aliphatic carbocycles. The molecular weight excluding hydrogens is 500 g/mol. The van der Waals surface area contributed by atoms with E-state index in [0.29, 0.717) is 12.1 Å². The topological polar surface area (TPSA) is 72.5 Å². The smallest absolute Gasteiger partial charge is 0.405 e. The molecule has 12 heteroatoms. The van der Waals surface area contributed by atoms with Crippen molar-refractivity contribution in [3.63, 3.8) is 0 Å². The number of anilines is 1. The molecule has 0 atom stereocenters. The van der Waals surface area contributed by atoms with Gasteiger partial charge in [0.1, 0.15) is 28.1 Å². The molecule has 0 spiro atoms. The summed E-state index contributed by atoms with van der Waals surface area (Å²) >= 11 is 0. The van der Waals surface area contributed by atoms with Crippen LogP contribution < -0.4 is 10.1 Å². The van der Waals surface area contributed by atoms with Crippen molar-refractivity contribution in [2.24, 2.45) is 0 Å². The second-order valence-electron chi connectivity index (χ2n) is 7.25. The first-order chi connectivity index (χ1) is 16.3. The Balaban J connectivity index is 1.82. The first-order valence-corrected chi connectivity index (χ1v) is 11.6. The van der Waals surface area contributed by atoms with Crippen LogP contribution in [-0.4, -0.2) is 26.4 Å². The van der Waals surface area contributed by atoms with Crippen LogP contribution in [0.2, 0.25) is 0 Å². The van der Waals surface area contributed by atoms with Gasteiger partial charge in [0, 0.05) is 11.3 Å². The number of sulfone groups is 1. The fourth-order valence-corrected chi connectivity index (χ4v) is 4.18. The molecule has 0 radical (unpaired) electrons. The number of rotatable bonds is 7. The Bertz CT molecular complexity index is 1350. The molecule has 0 saturated carbocycles. The summed E-state index contributed by atoms with van der Waals surface area (Å²) in [4.78, 5) is 11.8. The van der Waals surface area contributed by atoms with Crippen molar-refractivity contribution in [2.45, 2.75) is 24.6 Å². The van der Waals surface area contributed by atoms with Gasteiger partial charge in [-0.1, -0.05) is 31.2 Å². The van der Waals surface area contributed by atoms with Gasteiger partial charge in [0.25, 0.3) is 0 Å². The Morgan fingerprint density at radius 1 is 0.943 bits per heavy atom. The second kappa shape index (κ2) is 9.98. The average Bonchev–Trinajstić information content (AvgIpc) is 2.73. The Hall–Kier alpha value is -3.54. The van der Waals surface area contributed by atoms with Gasteiger partial charge in [0.15, 0.2) is 9.84 Å². The van der Waals surface area contributed by atoms with Gasteiger partial charge < -0.3 is 10.1 Å². The summed E-state index contributed by atoms with van der Waals surface area (Å²) in [5.41, 5.74) is -1.52. The molecule has 35 heavy (non-hydrogen) atoms. The maximum atomic E-state index is 14.7. The molecule has 0 aliphatic rings. The number of para-hydroxylation sites is 1. The summed E-state index contributed by atoms with van der Waals surface area (Å²) in [6, 6.07) is 8.93. The summed E-state index contributed by atoms with van der Waals surface area (Å²) in [5.74, 6) is -5.51. The predicted octanol–water partition coefficient (Wildman–Crippen LogP) is 5.64. The van der Waals surface area contributed by atoms with E-state index in [2.05, 4.69) is 10.1 Å². The zero-order valence-corrected chi connectivity index (χ0v) is 18.7. The fourth-order valence-electron chi connectivity index (χ4n) is 3.24. The molecule has 3 aromatic carbocycles. The lowest BCUT2D eigenvalue weighted by Crippen LogP contribution is -2.18. The summed E-state index contributed by atoms with van der Waals surface area (Å²) in [6.07, 6.45) is -5.54. The molecule has 0 bridgehead atoms. The highest BCUT2D eigenvalue weighted by Gasteiger charge is 2.33. The molecule has 0 saturated heterocycles. The fraction of sp³-hybridized carbons (Fsp3) is 0.174. The summed E-state index contributed by atoms with van der Waals surface area (Å²) < 4.78 is 109. The van der Waals surface area contributed by atoms with E-state index in [1.54, 1.807) is 0 Å². The van der Waals surface area contributed by atoms with Gasteiger partial charge >= 0.3 is 6.36 Å². The van der Waals surface area contributed by atoms with E-state index < -0.39 is 67.8 Å². The SMILES string of the molecule is CCS(=O)(=O)c1ccc(CC(=O)Nc2cc(F)c(-c3ccccc3OC(F)(F)F)c(F)c2)cc1F. The van der Waals surface area contributed by atoms with Gasteiger partial charge in [0.2, 0.25) is 5.91 Å². The molecule has 3 rings (SSSR count). The van der Waals surface area contributed by atoms with E-state index in [1.807, 2.05) is 0 Å². The minimum absolute atomic E-state index is 0.103. The highest BCUT2D eigenvalue weighted by atomic mass is 32.2. The third-order valence-electron chi connectivity index (χ3n) is 4.78. The van der Waals surface area contributed by atoms with Crippen LogP contribution in [0.5, 0.6) is 5.75 Å². The quantitative estimate of drug-likeness (QED) is 0.412. The number of nitrogens with one attached hydrogen (secondary N) is 1. The van der Waals surface area contributed by atoms with Gasteiger partial charge in [-0.15, -0.1) is 13.2 Å². The van der Waals surface area contributed by atoms with Crippen molar-refractivity contribution >= 4 is 21.4 Å². The van der Waals surface area contributed by atoms with E-state index >= 15 is 0 Å². The minimum Gasteiger partial charge on any atom is -0.405 e. The summed E-state index contributed by atoms with van der Waals surface area (Å²) in [5, 5.41) is 2.21. The van der Waals surface area contributed by atoms with Crippen LogP contribution in [0.4, 0.5) is 32.0 Å².